The Morgan fingerprint density at radius 2 is 0.883 bits per heavy atom. The maximum atomic E-state index is 14.4. The lowest BCUT2D eigenvalue weighted by Crippen LogP contribution is -2.12. The summed E-state index contributed by atoms with van der Waals surface area (Å²) in [5.41, 5.74) is -3.52. The molecular weight excluding hydrogens is 1040 g/mol. The maximum Gasteiger partial charge on any atom is 0.417 e. The van der Waals surface area contributed by atoms with Crippen LogP contribution in [0.3, 0.4) is 0 Å². The van der Waals surface area contributed by atoms with Gasteiger partial charge in [0.15, 0.2) is 0 Å². The second-order valence-electron chi connectivity index (χ2n) is 17.2. The Morgan fingerprint density at radius 3 is 1.27 bits per heavy atom. The highest BCUT2D eigenvalue weighted by Crippen LogP contribution is 2.47. The number of nitriles is 1. The Hall–Kier alpha value is -8.60. The molecule has 0 aliphatic rings. The summed E-state index contributed by atoms with van der Waals surface area (Å²) in [6, 6.07) is 34.8. The highest BCUT2D eigenvalue weighted by molar-refractivity contribution is 6.12. The Bertz CT molecular complexity index is 3920. The molecule has 0 amide bonds. The largest absolute Gasteiger partial charge is 0.417 e. The van der Waals surface area contributed by atoms with Crippen molar-refractivity contribution in [1.82, 2.24) is 14.1 Å². The van der Waals surface area contributed by atoms with Gasteiger partial charge >= 0.3 is 30.9 Å². The van der Waals surface area contributed by atoms with Gasteiger partial charge in [-0.25, -0.2) is 0 Å². The van der Waals surface area contributed by atoms with E-state index in [-0.39, 0.29) is 28.8 Å². The molecule has 20 heteroatoms. The lowest BCUT2D eigenvalue weighted by atomic mass is 9.95. The van der Waals surface area contributed by atoms with E-state index >= 15 is 0 Å². The van der Waals surface area contributed by atoms with E-state index in [4.69, 9.17) is 0 Å². The fraction of sp³-hybridized carbons (Fsp3) is 0.123. The zero-order chi connectivity index (χ0) is 56.2. The molecule has 0 aliphatic heterocycles. The van der Waals surface area contributed by atoms with Gasteiger partial charge in [0, 0.05) is 50.6 Å². The van der Waals surface area contributed by atoms with E-state index in [1.165, 1.54) is 30.3 Å². The molecule has 0 saturated carbocycles. The highest BCUT2D eigenvalue weighted by Gasteiger charge is 2.40. The summed E-state index contributed by atoms with van der Waals surface area (Å²) in [6.07, 6.45) is -21.4. The van der Waals surface area contributed by atoms with Gasteiger partial charge in [0.1, 0.15) is 6.07 Å². The lowest BCUT2D eigenvalue weighted by Gasteiger charge is -2.19. The number of alkyl halides is 16. The first-order valence-corrected chi connectivity index (χ1v) is 22.4. The van der Waals surface area contributed by atoms with Crippen LogP contribution in [0, 0.1) is 11.3 Å². The third-order valence-corrected chi connectivity index (χ3v) is 12.4. The monoisotopic (exact) mass is 1080 g/mol. The van der Waals surface area contributed by atoms with Crippen molar-refractivity contribution in [1.29, 1.82) is 5.26 Å². The quantitative estimate of drug-likeness (QED) is 0.127. The summed E-state index contributed by atoms with van der Waals surface area (Å²) in [5.74, 6) is 0. The summed E-state index contributed by atoms with van der Waals surface area (Å²) in [7, 11) is 0.500. The summed E-state index contributed by atoms with van der Waals surface area (Å²) >= 11 is 0. The number of nitrogens with zero attached hydrogens (tertiary/aromatic N) is 4. The molecule has 0 fully saturated rings. The van der Waals surface area contributed by atoms with Gasteiger partial charge in [-0.1, -0.05) is 73.3 Å². The third kappa shape index (κ3) is 10.5. The van der Waals surface area contributed by atoms with Crippen molar-refractivity contribution < 1.29 is 70.2 Å². The van der Waals surface area contributed by atoms with Gasteiger partial charge in [-0.15, -0.1) is 0 Å². The highest BCUT2D eigenvalue weighted by atomic mass is 19.4. The number of benzene rings is 7. The van der Waals surface area contributed by atoms with Crippen LogP contribution in [0.5, 0.6) is 0 Å². The van der Waals surface area contributed by atoms with Crippen LogP contribution >= 0.6 is 0 Å². The second kappa shape index (κ2) is 20.2. The van der Waals surface area contributed by atoms with Crippen LogP contribution in [-0.4, -0.2) is 27.5 Å². The number of pyridine rings is 1. The molecule has 4 nitrogen and oxygen atoms in total. The fourth-order valence-electron chi connectivity index (χ4n) is 9.00. The van der Waals surface area contributed by atoms with E-state index in [2.05, 4.69) is 17.6 Å². The van der Waals surface area contributed by atoms with Crippen LogP contribution < -0.4 is 0 Å². The van der Waals surface area contributed by atoms with Crippen LogP contribution in [0.4, 0.5) is 70.2 Å². The first kappa shape index (κ1) is 54.7. The minimum atomic E-state index is -5.13. The van der Waals surface area contributed by atoms with Gasteiger partial charge in [0.25, 0.3) is 0 Å². The predicted molar refractivity (Wildman–Crippen MR) is 262 cm³/mol. The number of allylic oxidation sites excluding steroid dienone is 1. The van der Waals surface area contributed by atoms with Gasteiger partial charge in [0.05, 0.1) is 68.4 Å². The number of hydrogen-bond acceptors (Lipinski definition) is 2. The molecule has 10 aromatic rings. The second-order valence-corrected chi connectivity index (χ2v) is 17.2. The number of hydrogen-bond donors (Lipinski definition) is 0. The normalized spacial score (nSPS) is 12.3. The van der Waals surface area contributed by atoms with Crippen LogP contribution in [0.1, 0.15) is 34.7 Å². The van der Waals surface area contributed by atoms with Crippen molar-refractivity contribution in [2.45, 2.75) is 37.8 Å². The average molecular weight is 1080 g/mol. The van der Waals surface area contributed by atoms with Crippen molar-refractivity contribution in [2.75, 3.05) is 7.18 Å². The van der Waals surface area contributed by atoms with Crippen LogP contribution in [0.15, 0.2) is 170 Å². The molecule has 10 rings (SSSR count). The van der Waals surface area contributed by atoms with Gasteiger partial charge in [-0.05, 0) is 108 Å². The molecule has 3 heterocycles. The van der Waals surface area contributed by atoms with Crippen molar-refractivity contribution in [2.24, 2.45) is 0 Å². The number of aromatic nitrogens is 3. The van der Waals surface area contributed by atoms with Crippen molar-refractivity contribution >= 4 is 43.6 Å². The number of rotatable bonds is 5. The average Bonchev–Trinajstić information content (AvgIpc) is 3.89. The molecule has 0 spiro atoms. The Labute approximate surface area is 426 Å². The summed E-state index contributed by atoms with van der Waals surface area (Å²) < 4.78 is 214. The summed E-state index contributed by atoms with van der Waals surface area (Å²) in [4.78, 5) is 4.33. The van der Waals surface area contributed by atoms with Gasteiger partial charge in [-0.3, -0.25) is 9.37 Å². The first-order valence-electron chi connectivity index (χ1n) is 22.4. The van der Waals surface area contributed by atoms with Crippen molar-refractivity contribution in [3.05, 3.63) is 198 Å². The van der Waals surface area contributed by atoms with Crippen LogP contribution in [0.2, 0.25) is 0 Å². The van der Waals surface area contributed by atoms with Gasteiger partial charge in [-0.2, -0.15) is 71.1 Å². The number of fused-ring (bicyclic) bond motifs is 6. The molecule has 0 N–H and O–H groups in total. The Kier molecular flexibility index (Phi) is 14.3. The van der Waals surface area contributed by atoms with Crippen LogP contribution in [-0.2, 0) is 24.7 Å². The van der Waals surface area contributed by atoms with E-state index in [1.54, 1.807) is 95.8 Å². The number of para-hydroxylation sites is 2. The molecule has 77 heavy (non-hydrogen) atoms. The van der Waals surface area contributed by atoms with Gasteiger partial charge < -0.3 is 9.13 Å². The third-order valence-electron chi connectivity index (χ3n) is 12.4. The number of halogens is 16. The smallest absolute Gasteiger partial charge is 0.309 e. The predicted octanol–water partition coefficient (Wildman–Crippen LogP) is 18.9. The molecule has 0 bridgehead atoms. The zero-order valence-electron chi connectivity index (χ0n) is 39.6. The first-order chi connectivity index (χ1) is 36.2. The van der Waals surface area contributed by atoms with Crippen molar-refractivity contribution in [3.63, 3.8) is 0 Å². The van der Waals surface area contributed by atoms with E-state index in [1.807, 2.05) is 4.57 Å². The molecule has 7 aromatic carbocycles. The summed E-state index contributed by atoms with van der Waals surface area (Å²) in [6.45, 7) is 3.63. The van der Waals surface area contributed by atoms with Crippen LogP contribution in [0.25, 0.3) is 88.4 Å². The van der Waals surface area contributed by atoms with Crippen molar-refractivity contribution in [3.8, 4) is 50.8 Å². The minimum absolute atomic E-state index is 0.00386. The van der Waals surface area contributed by atoms with E-state index in [0.29, 0.717) is 85.4 Å². The molecule has 0 unspecified atom stereocenters. The van der Waals surface area contributed by atoms with E-state index in [9.17, 15) is 75.5 Å². The molecular formula is C57H34F16N4. The Balaban J connectivity index is 0.000000808. The molecule has 0 atom stereocenters. The molecule has 0 radical (unpaired) electrons. The topological polar surface area (TPSA) is 46.5 Å². The SMILES string of the molecule is C=C(C)C(F)(F)F.CF.N#Cc1cc(-n2c3ccccc3c3cc(-c4ccc(C(F)(F)F)cc4C(F)(F)F)ccc32)c(-c2cccnc2)cc1-n1c2ccccc2c2cc(-c3ccc(C(F)(F)F)cc3C(F)(F)F)ccc21. The molecule has 0 aliphatic carbocycles. The fourth-order valence-corrected chi connectivity index (χ4v) is 9.00. The summed E-state index contributed by atoms with van der Waals surface area (Å²) in [5, 5.41) is 13.0. The van der Waals surface area contributed by atoms with E-state index < -0.39 is 69.8 Å². The lowest BCUT2D eigenvalue weighted by molar-refractivity contribution is -0.144. The molecule has 0 saturated heterocycles. The maximum absolute atomic E-state index is 14.4. The van der Waals surface area contributed by atoms with E-state index in [0.717, 1.165) is 19.1 Å². The molecule has 394 valence electrons. The Morgan fingerprint density at radius 1 is 0.455 bits per heavy atom. The van der Waals surface area contributed by atoms with Gasteiger partial charge in [0.2, 0.25) is 0 Å². The zero-order valence-corrected chi connectivity index (χ0v) is 39.6. The minimum Gasteiger partial charge on any atom is -0.309 e. The molecule has 3 aromatic heterocycles. The standard InChI is InChI=1S/C52H26F12N4.C4H5F3.CH3F/c53-49(54,55)32-13-15-34(41(23-32)51(59,60)61)28-11-17-45-39(20-28)36-7-1-3-9-43(36)67(45)47-25-38(30-6-5-19-66-27-30)48(22-31(47)26-65)68-44-10-4-2-8-37(44)40-21-29(12-18-46(40)68)35-16-14-33(50(56,57)58)24-42(35)52(62,63)64;1-3(2)4(5,6)7;1-2/h1-25,27H;1H2,2H3;1H3.